The fourth-order valence-corrected chi connectivity index (χ4v) is 4.09. The maximum Gasteiger partial charge on any atom is 0.261 e. The smallest absolute Gasteiger partial charge is 0.261 e. The summed E-state index contributed by atoms with van der Waals surface area (Å²) in [4.78, 5) is 29.5. The van der Waals surface area contributed by atoms with E-state index in [0.29, 0.717) is 24.2 Å². The molecule has 2 aliphatic rings. The molecule has 0 aromatic heterocycles. The fourth-order valence-electron chi connectivity index (χ4n) is 4.09. The maximum atomic E-state index is 12.9. The molecular formula is C22H18N2O2. The normalized spacial score (nSPS) is 16.4. The van der Waals surface area contributed by atoms with Crippen molar-refractivity contribution in [2.75, 3.05) is 13.1 Å². The first kappa shape index (κ1) is 15.3. The number of amides is 2. The largest absolute Gasteiger partial charge is 0.293 e. The molecule has 5 rings (SSSR count). The summed E-state index contributed by atoms with van der Waals surface area (Å²) in [5.74, 6) is -0.368. The van der Waals surface area contributed by atoms with Crippen molar-refractivity contribution in [3.8, 4) is 0 Å². The number of imide groups is 1. The number of benzene rings is 3. The second kappa shape index (κ2) is 5.78. The van der Waals surface area contributed by atoms with Gasteiger partial charge in [-0.05, 0) is 28.6 Å². The third-order valence-electron chi connectivity index (χ3n) is 5.40. The Morgan fingerprint density at radius 3 is 1.85 bits per heavy atom. The van der Waals surface area contributed by atoms with E-state index in [1.165, 1.54) is 16.0 Å². The lowest BCUT2D eigenvalue weighted by molar-refractivity contribution is 0.0592. The highest BCUT2D eigenvalue weighted by molar-refractivity contribution is 6.25. The van der Waals surface area contributed by atoms with E-state index >= 15 is 0 Å². The van der Waals surface area contributed by atoms with Crippen LogP contribution < -0.4 is 0 Å². The molecule has 0 N–H and O–H groups in total. The van der Waals surface area contributed by atoms with Gasteiger partial charge in [-0.1, -0.05) is 48.5 Å². The van der Waals surface area contributed by atoms with Crippen LogP contribution in [-0.2, 0) is 13.1 Å². The van der Waals surface area contributed by atoms with Gasteiger partial charge in [-0.15, -0.1) is 0 Å². The molecule has 2 aliphatic heterocycles. The Hall–Kier alpha value is -2.98. The number of rotatable bonds is 3. The molecular weight excluding hydrogens is 324 g/mol. The predicted octanol–water partition coefficient (Wildman–Crippen LogP) is 3.45. The number of fused-ring (bicyclic) bond motifs is 1. The average Bonchev–Trinajstić information content (AvgIpc) is 3.09. The summed E-state index contributed by atoms with van der Waals surface area (Å²) in [6, 6.07) is 19.7. The van der Waals surface area contributed by atoms with Gasteiger partial charge in [0.1, 0.15) is 0 Å². The molecule has 0 unspecified atom stereocenters. The van der Waals surface area contributed by atoms with Crippen LogP contribution in [0.15, 0.2) is 60.7 Å². The molecule has 0 bridgehead atoms. The van der Waals surface area contributed by atoms with Gasteiger partial charge in [0.05, 0.1) is 0 Å². The van der Waals surface area contributed by atoms with E-state index in [-0.39, 0.29) is 11.8 Å². The van der Waals surface area contributed by atoms with Crippen molar-refractivity contribution in [3.05, 3.63) is 82.9 Å². The lowest BCUT2D eigenvalue weighted by Gasteiger charge is -2.28. The summed E-state index contributed by atoms with van der Waals surface area (Å²) in [6.07, 6.45) is 0. The van der Waals surface area contributed by atoms with Crippen molar-refractivity contribution in [2.24, 2.45) is 0 Å². The Labute approximate surface area is 151 Å². The Kier molecular flexibility index (Phi) is 3.40. The predicted molar refractivity (Wildman–Crippen MR) is 99.9 cm³/mol. The highest BCUT2D eigenvalue weighted by Crippen LogP contribution is 2.30. The van der Waals surface area contributed by atoms with Gasteiger partial charge in [0.15, 0.2) is 0 Å². The lowest BCUT2D eigenvalue weighted by atomic mass is 9.94. The second-order valence-electron chi connectivity index (χ2n) is 6.95. The van der Waals surface area contributed by atoms with Gasteiger partial charge in [-0.25, -0.2) is 0 Å². The van der Waals surface area contributed by atoms with Crippen molar-refractivity contribution in [3.63, 3.8) is 0 Å². The molecule has 128 valence electrons. The summed E-state index contributed by atoms with van der Waals surface area (Å²) < 4.78 is 0. The van der Waals surface area contributed by atoms with Gasteiger partial charge in [0, 0.05) is 42.7 Å². The van der Waals surface area contributed by atoms with Crippen LogP contribution >= 0.6 is 0 Å². The average molecular weight is 342 g/mol. The number of carbonyl (C=O) groups excluding carboxylic acids is 2. The van der Waals surface area contributed by atoms with E-state index < -0.39 is 0 Å². The van der Waals surface area contributed by atoms with Crippen LogP contribution in [-0.4, -0.2) is 34.7 Å². The number of hydrogen-bond acceptors (Lipinski definition) is 3. The SMILES string of the molecule is O=C1c2cccc3cccc(c23)C(=O)N1CCN1Cc2ccccc2C1. The minimum absolute atomic E-state index is 0.184. The Morgan fingerprint density at radius 1 is 0.692 bits per heavy atom. The van der Waals surface area contributed by atoms with Crippen LogP contribution in [0.4, 0.5) is 0 Å². The number of hydrogen-bond donors (Lipinski definition) is 0. The molecule has 4 nitrogen and oxygen atoms in total. The van der Waals surface area contributed by atoms with Crippen molar-refractivity contribution in [2.45, 2.75) is 13.1 Å². The molecule has 0 spiro atoms. The monoisotopic (exact) mass is 342 g/mol. The zero-order valence-electron chi connectivity index (χ0n) is 14.3. The highest BCUT2D eigenvalue weighted by atomic mass is 16.2. The first-order valence-electron chi connectivity index (χ1n) is 8.89. The van der Waals surface area contributed by atoms with Gasteiger partial charge in [0.25, 0.3) is 11.8 Å². The van der Waals surface area contributed by atoms with Crippen LogP contribution in [0.2, 0.25) is 0 Å². The Bertz CT molecular complexity index is 981. The van der Waals surface area contributed by atoms with Crippen molar-refractivity contribution in [1.29, 1.82) is 0 Å². The van der Waals surface area contributed by atoms with Crippen LogP contribution in [0.25, 0.3) is 10.8 Å². The summed E-state index contributed by atoms with van der Waals surface area (Å²) in [5.41, 5.74) is 3.92. The standard InChI is InChI=1S/C22H18N2O2/c25-21-18-9-3-7-15-8-4-10-19(20(15)18)22(26)24(21)12-11-23-13-16-5-1-2-6-17(16)14-23/h1-10H,11-14H2. The molecule has 2 amide bonds. The van der Waals surface area contributed by atoms with E-state index in [9.17, 15) is 9.59 Å². The lowest BCUT2D eigenvalue weighted by Crippen LogP contribution is -2.43. The minimum atomic E-state index is -0.184. The Balaban J connectivity index is 1.40. The van der Waals surface area contributed by atoms with Crippen LogP contribution in [0, 0.1) is 0 Å². The zero-order chi connectivity index (χ0) is 17.7. The van der Waals surface area contributed by atoms with Gasteiger partial charge in [0.2, 0.25) is 0 Å². The van der Waals surface area contributed by atoms with Crippen LogP contribution in [0.1, 0.15) is 31.8 Å². The van der Waals surface area contributed by atoms with Gasteiger partial charge >= 0.3 is 0 Å². The molecule has 26 heavy (non-hydrogen) atoms. The van der Waals surface area contributed by atoms with E-state index in [1.807, 2.05) is 36.4 Å². The van der Waals surface area contributed by atoms with Crippen molar-refractivity contribution in [1.82, 2.24) is 9.80 Å². The first-order chi connectivity index (χ1) is 12.7. The molecule has 0 saturated carbocycles. The van der Waals surface area contributed by atoms with E-state index in [0.717, 1.165) is 23.9 Å². The molecule has 0 radical (unpaired) electrons. The maximum absolute atomic E-state index is 12.9. The molecule has 2 heterocycles. The third-order valence-corrected chi connectivity index (χ3v) is 5.40. The summed E-state index contributed by atoms with van der Waals surface area (Å²) in [7, 11) is 0. The summed E-state index contributed by atoms with van der Waals surface area (Å²) in [6.45, 7) is 2.85. The van der Waals surface area contributed by atoms with Crippen molar-refractivity contribution >= 4 is 22.6 Å². The molecule has 0 aliphatic carbocycles. The minimum Gasteiger partial charge on any atom is -0.293 e. The number of nitrogens with zero attached hydrogens (tertiary/aromatic N) is 2. The highest BCUT2D eigenvalue weighted by Gasteiger charge is 2.33. The third kappa shape index (κ3) is 2.26. The zero-order valence-corrected chi connectivity index (χ0v) is 14.3. The van der Waals surface area contributed by atoms with Gasteiger partial charge in [-0.2, -0.15) is 0 Å². The summed E-state index contributed by atoms with van der Waals surface area (Å²) >= 11 is 0. The van der Waals surface area contributed by atoms with Gasteiger partial charge < -0.3 is 0 Å². The van der Waals surface area contributed by atoms with Gasteiger partial charge in [-0.3, -0.25) is 19.4 Å². The van der Waals surface area contributed by atoms with E-state index in [1.54, 1.807) is 0 Å². The molecule has 0 fully saturated rings. The topological polar surface area (TPSA) is 40.6 Å². The Morgan fingerprint density at radius 2 is 1.27 bits per heavy atom. The molecule has 3 aromatic carbocycles. The van der Waals surface area contributed by atoms with E-state index in [2.05, 4.69) is 29.2 Å². The molecule has 0 atom stereocenters. The summed E-state index contributed by atoms with van der Waals surface area (Å²) in [5, 5.41) is 1.73. The second-order valence-corrected chi connectivity index (χ2v) is 6.95. The quantitative estimate of drug-likeness (QED) is 0.685. The van der Waals surface area contributed by atoms with Crippen LogP contribution in [0.5, 0.6) is 0 Å². The molecule has 0 saturated heterocycles. The number of carbonyl (C=O) groups is 2. The van der Waals surface area contributed by atoms with Crippen LogP contribution in [0.3, 0.4) is 0 Å². The first-order valence-corrected chi connectivity index (χ1v) is 8.89. The van der Waals surface area contributed by atoms with Crippen molar-refractivity contribution < 1.29 is 9.59 Å². The molecule has 3 aromatic rings. The molecule has 4 heteroatoms. The fraction of sp³-hybridized carbons (Fsp3) is 0.182. The van der Waals surface area contributed by atoms with E-state index in [4.69, 9.17) is 0 Å².